The second kappa shape index (κ2) is 8.18. The molecule has 2 aromatic rings. The Hall–Kier alpha value is -3.35. The fourth-order valence-electron chi connectivity index (χ4n) is 4.04. The van der Waals surface area contributed by atoms with Crippen molar-refractivity contribution >= 4 is 18.0 Å². The number of ether oxygens (including phenoxy) is 1. The van der Waals surface area contributed by atoms with Crippen LogP contribution in [-0.2, 0) is 14.3 Å². The zero-order chi connectivity index (χ0) is 21.3. The Balaban J connectivity index is 1.27. The van der Waals surface area contributed by atoms with E-state index in [0.29, 0.717) is 13.0 Å². The maximum Gasteiger partial charge on any atom is 0.407 e. The number of carboxylic acid groups (broad SMARTS) is 1. The van der Waals surface area contributed by atoms with E-state index < -0.39 is 18.1 Å². The van der Waals surface area contributed by atoms with Gasteiger partial charge in [-0.3, -0.25) is 9.59 Å². The topological polar surface area (TPSA) is 105 Å². The predicted octanol–water partition coefficient (Wildman–Crippen LogP) is 2.75. The SMILES string of the molecule is C[C@@H](NC(=O)C1CC1CNC(=O)OCC1c2ccccc2-c2ccccc21)C(=O)O. The molecule has 7 heteroatoms. The van der Waals surface area contributed by atoms with E-state index in [2.05, 4.69) is 34.9 Å². The van der Waals surface area contributed by atoms with Gasteiger partial charge in [-0.1, -0.05) is 48.5 Å². The fourth-order valence-corrected chi connectivity index (χ4v) is 4.04. The van der Waals surface area contributed by atoms with E-state index in [0.717, 1.165) is 11.1 Å². The van der Waals surface area contributed by atoms with Crippen molar-refractivity contribution in [3.63, 3.8) is 0 Å². The number of amides is 2. The lowest BCUT2D eigenvalue weighted by Crippen LogP contribution is -2.39. The number of alkyl carbamates (subject to hydrolysis) is 1. The summed E-state index contributed by atoms with van der Waals surface area (Å²) in [5.41, 5.74) is 4.64. The second-order valence-electron chi connectivity index (χ2n) is 7.88. The van der Waals surface area contributed by atoms with Crippen LogP contribution in [-0.4, -0.2) is 42.3 Å². The van der Waals surface area contributed by atoms with Crippen LogP contribution in [0.5, 0.6) is 0 Å². The molecule has 156 valence electrons. The quantitative estimate of drug-likeness (QED) is 0.653. The van der Waals surface area contributed by atoms with Gasteiger partial charge in [-0.05, 0) is 41.5 Å². The number of carboxylic acids is 1. The number of rotatable bonds is 7. The molecule has 2 aromatic carbocycles. The molecular weight excluding hydrogens is 384 g/mol. The van der Waals surface area contributed by atoms with Crippen LogP contribution in [0.4, 0.5) is 4.79 Å². The Morgan fingerprint density at radius 2 is 1.67 bits per heavy atom. The van der Waals surface area contributed by atoms with Gasteiger partial charge in [0.1, 0.15) is 12.6 Å². The summed E-state index contributed by atoms with van der Waals surface area (Å²) in [5.74, 6) is -1.62. The lowest BCUT2D eigenvalue weighted by atomic mass is 9.98. The number of hydrogen-bond acceptors (Lipinski definition) is 4. The molecule has 0 heterocycles. The first-order chi connectivity index (χ1) is 14.5. The van der Waals surface area contributed by atoms with E-state index in [1.54, 1.807) is 0 Å². The third-order valence-corrected chi connectivity index (χ3v) is 5.84. The van der Waals surface area contributed by atoms with E-state index in [1.165, 1.54) is 18.1 Å². The molecule has 0 spiro atoms. The summed E-state index contributed by atoms with van der Waals surface area (Å²) in [4.78, 5) is 35.0. The van der Waals surface area contributed by atoms with E-state index in [-0.39, 0.29) is 30.3 Å². The maximum absolute atomic E-state index is 12.2. The normalized spacial score (nSPS) is 19.9. The highest BCUT2D eigenvalue weighted by atomic mass is 16.5. The Morgan fingerprint density at radius 1 is 1.07 bits per heavy atom. The summed E-state index contributed by atoms with van der Waals surface area (Å²) in [7, 11) is 0. The summed E-state index contributed by atoms with van der Waals surface area (Å²) in [6, 6.07) is 15.3. The Kier molecular flexibility index (Phi) is 5.44. The zero-order valence-electron chi connectivity index (χ0n) is 16.6. The van der Waals surface area contributed by atoms with Gasteiger partial charge in [0.15, 0.2) is 0 Å². The van der Waals surface area contributed by atoms with Gasteiger partial charge < -0.3 is 20.5 Å². The smallest absolute Gasteiger partial charge is 0.407 e. The van der Waals surface area contributed by atoms with Crippen LogP contribution in [0.25, 0.3) is 11.1 Å². The number of hydrogen-bond donors (Lipinski definition) is 3. The summed E-state index contributed by atoms with van der Waals surface area (Å²) in [5, 5.41) is 14.0. The minimum absolute atomic E-state index is 0.0000996. The minimum Gasteiger partial charge on any atom is -0.480 e. The average Bonchev–Trinajstić information content (AvgIpc) is 3.46. The molecule has 4 rings (SSSR count). The third kappa shape index (κ3) is 4.01. The van der Waals surface area contributed by atoms with Gasteiger partial charge in [0.2, 0.25) is 5.91 Å². The molecule has 2 unspecified atom stereocenters. The molecule has 30 heavy (non-hydrogen) atoms. The van der Waals surface area contributed by atoms with Gasteiger partial charge >= 0.3 is 12.1 Å². The van der Waals surface area contributed by atoms with E-state index >= 15 is 0 Å². The molecule has 2 aliphatic rings. The van der Waals surface area contributed by atoms with E-state index in [9.17, 15) is 14.4 Å². The lowest BCUT2D eigenvalue weighted by Gasteiger charge is -2.14. The van der Waals surface area contributed by atoms with Crippen molar-refractivity contribution in [2.45, 2.75) is 25.3 Å². The van der Waals surface area contributed by atoms with Crippen LogP contribution in [0.3, 0.4) is 0 Å². The van der Waals surface area contributed by atoms with Gasteiger partial charge in [0.25, 0.3) is 0 Å². The minimum atomic E-state index is -1.07. The third-order valence-electron chi connectivity index (χ3n) is 5.84. The molecule has 1 saturated carbocycles. The number of benzene rings is 2. The number of carbonyl (C=O) groups excluding carboxylic acids is 2. The largest absolute Gasteiger partial charge is 0.480 e. The summed E-state index contributed by atoms with van der Waals surface area (Å²) in [6.45, 7) is 1.99. The number of nitrogens with one attached hydrogen (secondary N) is 2. The van der Waals surface area contributed by atoms with Gasteiger partial charge in [-0.25, -0.2) is 4.79 Å². The first-order valence-corrected chi connectivity index (χ1v) is 10.1. The molecule has 3 N–H and O–H groups in total. The maximum atomic E-state index is 12.2. The van der Waals surface area contributed by atoms with Crippen molar-refractivity contribution in [2.75, 3.05) is 13.2 Å². The van der Waals surface area contributed by atoms with Crippen LogP contribution < -0.4 is 10.6 Å². The fraction of sp³-hybridized carbons (Fsp3) is 0.348. The molecule has 3 atom stereocenters. The molecule has 0 saturated heterocycles. The van der Waals surface area contributed by atoms with E-state index in [4.69, 9.17) is 9.84 Å². The van der Waals surface area contributed by atoms with Crippen LogP contribution in [0.2, 0.25) is 0 Å². The van der Waals surface area contributed by atoms with Gasteiger partial charge in [0.05, 0.1) is 0 Å². The number of fused-ring (bicyclic) bond motifs is 3. The molecule has 0 radical (unpaired) electrons. The highest BCUT2D eigenvalue weighted by Crippen LogP contribution is 2.44. The molecule has 1 fully saturated rings. The standard InChI is InChI=1S/C23H24N2O5/c1-13(22(27)28)25-21(26)19-10-14(19)11-24-23(29)30-12-20-17-8-4-2-6-15(17)16-7-3-5-9-18(16)20/h2-9,13-14,19-20H,10-12H2,1H3,(H,24,29)(H,25,26)(H,27,28)/t13-,14?,19?/m1/s1. The van der Waals surface area contributed by atoms with Crippen LogP contribution in [0.15, 0.2) is 48.5 Å². The molecule has 0 aromatic heterocycles. The van der Waals surface area contributed by atoms with Crippen molar-refractivity contribution in [3.05, 3.63) is 59.7 Å². The number of aliphatic carboxylic acids is 1. The highest BCUT2D eigenvalue weighted by Gasteiger charge is 2.43. The monoisotopic (exact) mass is 408 g/mol. The Morgan fingerprint density at radius 3 is 2.27 bits per heavy atom. The Labute approximate surface area is 174 Å². The molecule has 0 aliphatic heterocycles. The summed E-state index contributed by atoms with van der Waals surface area (Å²) >= 11 is 0. The molecular formula is C23H24N2O5. The highest BCUT2D eigenvalue weighted by molar-refractivity contribution is 5.86. The molecule has 7 nitrogen and oxygen atoms in total. The van der Waals surface area contributed by atoms with Crippen molar-refractivity contribution in [3.8, 4) is 11.1 Å². The first-order valence-electron chi connectivity index (χ1n) is 10.1. The Bertz CT molecular complexity index is 944. The zero-order valence-corrected chi connectivity index (χ0v) is 16.6. The average molecular weight is 408 g/mol. The van der Waals surface area contributed by atoms with Crippen LogP contribution >= 0.6 is 0 Å². The van der Waals surface area contributed by atoms with Gasteiger partial charge in [-0.2, -0.15) is 0 Å². The van der Waals surface area contributed by atoms with Crippen molar-refractivity contribution in [1.29, 1.82) is 0 Å². The molecule has 2 aliphatic carbocycles. The van der Waals surface area contributed by atoms with Gasteiger partial charge in [0, 0.05) is 18.4 Å². The first kappa shape index (κ1) is 19.9. The van der Waals surface area contributed by atoms with E-state index in [1.807, 2.05) is 24.3 Å². The van der Waals surface area contributed by atoms with Crippen LogP contribution in [0, 0.1) is 11.8 Å². The summed E-state index contributed by atoms with van der Waals surface area (Å²) in [6.07, 6.45) is 0.115. The second-order valence-corrected chi connectivity index (χ2v) is 7.88. The van der Waals surface area contributed by atoms with Crippen molar-refractivity contribution < 1.29 is 24.2 Å². The predicted molar refractivity (Wildman–Crippen MR) is 110 cm³/mol. The van der Waals surface area contributed by atoms with Crippen molar-refractivity contribution in [2.24, 2.45) is 11.8 Å². The van der Waals surface area contributed by atoms with Crippen molar-refractivity contribution in [1.82, 2.24) is 10.6 Å². The molecule has 2 amide bonds. The van der Waals surface area contributed by atoms with Crippen LogP contribution in [0.1, 0.15) is 30.4 Å². The van der Waals surface area contributed by atoms with Gasteiger partial charge in [-0.15, -0.1) is 0 Å². The molecule has 0 bridgehead atoms. The summed E-state index contributed by atoms with van der Waals surface area (Å²) < 4.78 is 5.48. The number of carbonyl (C=O) groups is 3. The lowest BCUT2D eigenvalue weighted by molar-refractivity contribution is -0.141.